The minimum atomic E-state index is 0.118. The van der Waals surface area contributed by atoms with Crippen molar-refractivity contribution in [3.8, 4) is 0 Å². The van der Waals surface area contributed by atoms with E-state index in [1.54, 1.807) is 0 Å². The Morgan fingerprint density at radius 3 is 3.07 bits per heavy atom. The molecule has 3 rings (SSSR count). The number of hydrogen-bond donors (Lipinski definition) is 1. The summed E-state index contributed by atoms with van der Waals surface area (Å²) in [6.45, 7) is 3.96. The zero-order chi connectivity index (χ0) is 10.1. The molecule has 1 aliphatic carbocycles. The SMILES string of the molecule is C1CNC[C@@]2(C1)C[C@@H](OCC1CC1)CO2. The molecule has 3 heteroatoms. The van der Waals surface area contributed by atoms with E-state index >= 15 is 0 Å². The van der Waals surface area contributed by atoms with Gasteiger partial charge in [-0.25, -0.2) is 0 Å². The highest BCUT2D eigenvalue weighted by Crippen LogP contribution is 2.35. The summed E-state index contributed by atoms with van der Waals surface area (Å²) in [5.74, 6) is 0.867. The minimum absolute atomic E-state index is 0.118. The van der Waals surface area contributed by atoms with Crippen molar-refractivity contribution in [3.05, 3.63) is 0 Å². The van der Waals surface area contributed by atoms with Gasteiger partial charge in [0.1, 0.15) is 0 Å². The van der Waals surface area contributed by atoms with Crippen molar-refractivity contribution in [2.45, 2.75) is 43.8 Å². The van der Waals surface area contributed by atoms with Gasteiger partial charge in [-0.15, -0.1) is 0 Å². The molecule has 0 unspecified atom stereocenters. The van der Waals surface area contributed by atoms with E-state index in [1.165, 1.54) is 25.7 Å². The van der Waals surface area contributed by atoms with Gasteiger partial charge in [-0.1, -0.05) is 0 Å². The first-order chi connectivity index (χ1) is 7.36. The molecule has 0 aromatic heterocycles. The maximum Gasteiger partial charge on any atom is 0.0836 e. The van der Waals surface area contributed by atoms with Crippen LogP contribution < -0.4 is 5.32 Å². The van der Waals surface area contributed by atoms with E-state index in [2.05, 4.69) is 5.32 Å². The van der Waals surface area contributed by atoms with Crippen molar-refractivity contribution >= 4 is 0 Å². The van der Waals surface area contributed by atoms with Gasteiger partial charge < -0.3 is 14.8 Å². The van der Waals surface area contributed by atoms with Gasteiger partial charge in [-0.2, -0.15) is 0 Å². The van der Waals surface area contributed by atoms with E-state index in [4.69, 9.17) is 9.47 Å². The fourth-order valence-electron chi connectivity index (χ4n) is 2.70. The fraction of sp³-hybridized carbons (Fsp3) is 1.00. The molecule has 3 aliphatic rings. The Kier molecular flexibility index (Phi) is 2.71. The van der Waals surface area contributed by atoms with Gasteiger partial charge in [-0.3, -0.25) is 0 Å². The van der Waals surface area contributed by atoms with Crippen molar-refractivity contribution in [2.75, 3.05) is 26.3 Å². The summed E-state index contributed by atoms with van der Waals surface area (Å²) < 4.78 is 11.9. The number of ether oxygens (including phenoxy) is 2. The molecule has 86 valence electrons. The molecule has 1 spiro atoms. The van der Waals surface area contributed by atoms with Gasteiger partial charge in [0.05, 0.1) is 18.3 Å². The summed E-state index contributed by atoms with van der Waals surface area (Å²) in [7, 11) is 0. The lowest BCUT2D eigenvalue weighted by molar-refractivity contribution is -0.0190. The van der Waals surface area contributed by atoms with Crippen LogP contribution in [0.3, 0.4) is 0 Å². The standard InChI is InChI=1S/C12H21NO2/c1-4-12(9-13-5-1)6-11(8-15-12)14-7-10-2-3-10/h10-11,13H,1-9H2/t11-,12-/m1/s1. The second-order valence-corrected chi connectivity index (χ2v) is 5.38. The van der Waals surface area contributed by atoms with Crippen molar-refractivity contribution < 1.29 is 9.47 Å². The smallest absolute Gasteiger partial charge is 0.0836 e. The fourth-order valence-corrected chi connectivity index (χ4v) is 2.70. The van der Waals surface area contributed by atoms with Crippen LogP contribution in [0.2, 0.25) is 0 Å². The minimum Gasteiger partial charge on any atom is -0.375 e. The summed E-state index contributed by atoms with van der Waals surface area (Å²) in [6, 6.07) is 0. The third-order valence-electron chi connectivity index (χ3n) is 3.87. The average Bonchev–Trinajstić information content (AvgIpc) is 3.02. The maximum atomic E-state index is 5.96. The number of piperidine rings is 1. The summed E-state index contributed by atoms with van der Waals surface area (Å²) in [6.07, 6.45) is 6.68. The molecule has 15 heavy (non-hydrogen) atoms. The predicted octanol–water partition coefficient (Wildman–Crippen LogP) is 1.32. The van der Waals surface area contributed by atoms with E-state index in [0.717, 1.165) is 38.6 Å². The lowest BCUT2D eigenvalue weighted by Gasteiger charge is -2.32. The lowest BCUT2D eigenvalue weighted by Crippen LogP contribution is -2.45. The molecule has 2 heterocycles. The van der Waals surface area contributed by atoms with Crippen LogP contribution >= 0.6 is 0 Å². The Labute approximate surface area is 91.5 Å². The Morgan fingerprint density at radius 2 is 2.33 bits per heavy atom. The zero-order valence-corrected chi connectivity index (χ0v) is 9.34. The highest BCUT2D eigenvalue weighted by molar-refractivity contribution is 4.94. The summed E-state index contributed by atoms with van der Waals surface area (Å²) in [5, 5.41) is 3.43. The molecule has 3 nitrogen and oxygen atoms in total. The number of nitrogens with one attached hydrogen (secondary N) is 1. The van der Waals surface area contributed by atoms with Crippen molar-refractivity contribution in [2.24, 2.45) is 5.92 Å². The molecule has 2 aliphatic heterocycles. The Morgan fingerprint density at radius 1 is 1.40 bits per heavy atom. The molecule has 0 amide bonds. The zero-order valence-electron chi connectivity index (χ0n) is 9.34. The first-order valence-electron chi connectivity index (χ1n) is 6.33. The van der Waals surface area contributed by atoms with Gasteiger partial charge in [0, 0.05) is 19.6 Å². The van der Waals surface area contributed by atoms with Gasteiger partial charge in [-0.05, 0) is 38.1 Å². The number of hydrogen-bond acceptors (Lipinski definition) is 3. The van der Waals surface area contributed by atoms with Gasteiger partial charge >= 0.3 is 0 Å². The molecule has 3 fully saturated rings. The third kappa shape index (κ3) is 2.35. The quantitative estimate of drug-likeness (QED) is 0.764. The van der Waals surface area contributed by atoms with Gasteiger partial charge in [0.15, 0.2) is 0 Å². The monoisotopic (exact) mass is 211 g/mol. The van der Waals surface area contributed by atoms with Gasteiger partial charge in [0.25, 0.3) is 0 Å². The first-order valence-corrected chi connectivity index (χ1v) is 6.33. The highest BCUT2D eigenvalue weighted by Gasteiger charge is 2.42. The molecule has 2 saturated heterocycles. The van der Waals surface area contributed by atoms with E-state index in [0.29, 0.717) is 6.10 Å². The Bertz CT molecular complexity index is 222. The van der Waals surface area contributed by atoms with Crippen LogP contribution in [0.1, 0.15) is 32.1 Å². The molecule has 1 saturated carbocycles. The second-order valence-electron chi connectivity index (χ2n) is 5.38. The average molecular weight is 211 g/mol. The maximum absolute atomic E-state index is 5.96. The molecule has 1 N–H and O–H groups in total. The number of rotatable bonds is 3. The van der Waals surface area contributed by atoms with Crippen molar-refractivity contribution in [1.82, 2.24) is 5.32 Å². The Balaban J connectivity index is 1.47. The van der Waals surface area contributed by atoms with Crippen LogP contribution in [0.4, 0.5) is 0 Å². The summed E-state index contributed by atoms with van der Waals surface area (Å²) >= 11 is 0. The largest absolute Gasteiger partial charge is 0.375 e. The van der Waals surface area contributed by atoms with E-state index < -0.39 is 0 Å². The molecule has 0 aromatic carbocycles. The lowest BCUT2D eigenvalue weighted by atomic mass is 9.90. The highest BCUT2D eigenvalue weighted by atomic mass is 16.6. The van der Waals surface area contributed by atoms with Crippen LogP contribution in [-0.2, 0) is 9.47 Å². The second kappa shape index (κ2) is 4.04. The molecule has 2 atom stereocenters. The third-order valence-corrected chi connectivity index (χ3v) is 3.87. The summed E-state index contributed by atoms with van der Waals surface area (Å²) in [4.78, 5) is 0. The van der Waals surface area contributed by atoms with Crippen molar-refractivity contribution in [3.63, 3.8) is 0 Å². The van der Waals surface area contributed by atoms with E-state index in [-0.39, 0.29) is 5.60 Å². The molecular weight excluding hydrogens is 190 g/mol. The topological polar surface area (TPSA) is 30.5 Å². The summed E-state index contributed by atoms with van der Waals surface area (Å²) in [5.41, 5.74) is 0.118. The first kappa shape index (κ1) is 10.1. The van der Waals surface area contributed by atoms with E-state index in [1.807, 2.05) is 0 Å². The van der Waals surface area contributed by atoms with Crippen LogP contribution in [0.15, 0.2) is 0 Å². The molecule has 0 aromatic rings. The van der Waals surface area contributed by atoms with Gasteiger partial charge in [0.2, 0.25) is 0 Å². The van der Waals surface area contributed by atoms with Crippen LogP contribution in [0, 0.1) is 5.92 Å². The van der Waals surface area contributed by atoms with Crippen LogP contribution in [0.25, 0.3) is 0 Å². The molecule has 0 radical (unpaired) electrons. The normalized spacial score (nSPS) is 41.2. The van der Waals surface area contributed by atoms with E-state index in [9.17, 15) is 0 Å². The van der Waals surface area contributed by atoms with Crippen LogP contribution in [-0.4, -0.2) is 38.0 Å². The van der Waals surface area contributed by atoms with Crippen LogP contribution in [0.5, 0.6) is 0 Å². The molecule has 0 bridgehead atoms. The van der Waals surface area contributed by atoms with Crippen molar-refractivity contribution in [1.29, 1.82) is 0 Å². The Hall–Kier alpha value is -0.120. The molecular formula is C12H21NO2. The predicted molar refractivity (Wildman–Crippen MR) is 57.9 cm³/mol.